The molecule has 0 amide bonds. The topological polar surface area (TPSA) is 29.3 Å². The van der Waals surface area contributed by atoms with Crippen LogP contribution in [0.15, 0.2) is 12.1 Å². The van der Waals surface area contributed by atoms with E-state index in [9.17, 15) is 8.78 Å². The summed E-state index contributed by atoms with van der Waals surface area (Å²) in [7, 11) is 0. The molecule has 0 aliphatic carbocycles. The lowest BCUT2D eigenvalue weighted by Gasteiger charge is -2.40. The van der Waals surface area contributed by atoms with Crippen LogP contribution in [0.1, 0.15) is 33.1 Å². The van der Waals surface area contributed by atoms with E-state index in [1.165, 1.54) is 6.07 Å². The molecule has 2 rings (SSSR count). The van der Waals surface area contributed by atoms with Gasteiger partial charge in [-0.25, -0.2) is 8.78 Å². The first-order chi connectivity index (χ1) is 8.45. The SMILES string of the molecule is CCC1(C)CCN(c2cc(F)cc(F)c2N)CC1. The fraction of sp³-hybridized carbons (Fsp3) is 0.571. The summed E-state index contributed by atoms with van der Waals surface area (Å²) < 4.78 is 26.7. The van der Waals surface area contributed by atoms with Crippen molar-refractivity contribution in [3.63, 3.8) is 0 Å². The van der Waals surface area contributed by atoms with Gasteiger partial charge in [0.1, 0.15) is 5.82 Å². The number of benzene rings is 1. The zero-order valence-electron chi connectivity index (χ0n) is 11.0. The van der Waals surface area contributed by atoms with Crippen molar-refractivity contribution in [1.29, 1.82) is 0 Å². The summed E-state index contributed by atoms with van der Waals surface area (Å²) in [5, 5.41) is 0. The van der Waals surface area contributed by atoms with Gasteiger partial charge >= 0.3 is 0 Å². The minimum Gasteiger partial charge on any atom is -0.395 e. The van der Waals surface area contributed by atoms with Crippen molar-refractivity contribution in [3.05, 3.63) is 23.8 Å². The minimum atomic E-state index is -0.672. The summed E-state index contributed by atoms with van der Waals surface area (Å²) in [6, 6.07) is 2.16. The first-order valence-corrected chi connectivity index (χ1v) is 6.45. The lowest BCUT2D eigenvalue weighted by molar-refractivity contribution is 0.238. The monoisotopic (exact) mass is 254 g/mol. The van der Waals surface area contributed by atoms with Crippen molar-refractivity contribution in [3.8, 4) is 0 Å². The molecular formula is C14H20F2N2. The summed E-state index contributed by atoms with van der Waals surface area (Å²) in [6.07, 6.45) is 3.19. The number of nitrogens with two attached hydrogens (primary N) is 1. The highest BCUT2D eigenvalue weighted by Gasteiger charge is 2.29. The second kappa shape index (κ2) is 4.75. The van der Waals surface area contributed by atoms with E-state index in [1.54, 1.807) is 0 Å². The predicted molar refractivity (Wildman–Crippen MR) is 70.6 cm³/mol. The van der Waals surface area contributed by atoms with Crippen LogP contribution in [-0.4, -0.2) is 13.1 Å². The van der Waals surface area contributed by atoms with Crippen molar-refractivity contribution >= 4 is 11.4 Å². The average molecular weight is 254 g/mol. The number of anilines is 2. The Bertz CT molecular complexity index is 438. The van der Waals surface area contributed by atoms with Gasteiger partial charge < -0.3 is 10.6 Å². The third-order valence-corrected chi connectivity index (χ3v) is 4.24. The Labute approximate surface area is 107 Å². The van der Waals surface area contributed by atoms with Gasteiger partial charge in [0.2, 0.25) is 0 Å². The normalized spacial score (nSPS) is 19.0. The van der Waals surface area contributed by atoms with E-state index in [1.807, 2.05) is 4.90 Å². The molecule has 2 N–H and O–H groups in total. The molecule has 0 unspecified atom stereocenters. The molecule has 1 saturated heterocycles. The summed E-state index contributed by atoms with van der Waals surface area (Å²) in [5.41, 5.74) is 6.59. The Morgan fingerprint density at radius 3 is 2.44 bits per heavy atom. The average Bonchev–Trinajstić information content (AvgIpc) is 2.35. The third-order valence-electron chi connectivity index (χ3n) is 4.24. The van der Waals surface area contributed by atoms with Crippen molar-refractivity contribution in [2.75, 3.05) is 23.7 Å². The molecule has 1 fully saturated rings. The molecular weight excluding hydrogens is 234 g/mol. The standard InChI is InChI=1S/C14H20F2N2/c1-3-14(2)4-6-18(7-5-14)12-9-10(15)8-11(16)13(12)17/h8-9H,3-7,17H2,1-2H3. The number of halogens is 2. The van der Waals surface area contributed by atoms with Crippen LogP contribution in [0.2, 0.25) is 0 Å². The predicted octanol–water partition coefficient (Wildman–Crippen LogP) is 3.56. The molecule has 1 heterocycles. The molecule has 100 valence electrons. The highest BCUT2D eigenvalue weighted by atomic mass is 19.1. The summed E-state index contributed by atoms with van der Waals surface area (Å²) in [5.74, 6) is -1.24. The Morgan fingerprint density at radius 2 is 1.89 bits per heavy atom. The smallest absolute Gasteiger partial charge is 0.151 e. The van der Waals surface area contributed by atoms with Crippen LogP contribution in [0.3, 0.4) is 0 Å². The van der Waals surface area contributed by atoms with Gasteiger partial charge in [-0.05, 0) is 24.3 Å². The quantitative estimate of drug-likeness (QED) is 0.818. The van der Waals surface area contributed by atoms with Crippen LogP contribution >= 0.6 is 0 Å². The van der Waals surface area contributed by atoms with Crippen LogP contribution in [0.5, 0.6) is 0 Å². The van der Waals surface area contributed by atoms with Gasteiger partial charge in [-0.2, -0.15) is 0 Å². The maximum absolute atomic E-state index is 13.4. The van der Waals surface area contributed by atoms with Gasteiger partial charge in [-0.3, -0.25) is 0 Å². The van der Waals surface area contributed by atoms with Gasteiger partial charge in [0.15, 0.2) is 5.82 Å². The van der Waals surface area contributed by atoms with Crippen LogP contribution < -0.4 is 10.6 Å². The van der Waals surface area contributed by atoms with Gasteiger partial charge in [0.05, 0.1) is 11.4 Å². The van der Waals surface area contributed by atoms with Crippen LogP contribution in [-0.2, 0) is 0 Å². The zero-order chi connectivity index (χ0) is 13.3. The molecule has 0 atom stereocenters. The first kappa shape index (κ1) is 13.1. The molecule has 0 aromatic heterocycles. The zero-order valence-corrected chi connectivity index (χ0v) is 11.0. The molecule has 0 radical (unpaired) electrons. The second-order valence-corrected chi connectivity index (χ2v) is 5.47. The third kappa shape index (κ3) is 2.42. The maximum atomic E-state index is 13.4. The van der Waals surface area contributed by atoms with Crippen molar-refractivity contribution in [2.45, 2.75) is 33.1 Å². The molecule has 1 aromatic rings. The maximum Gasteiger partial charge on any atom is 0.151 e. The van der Waals surface area contributed by atoms with Gasteiger partial charge in [0.25, 0.3) is 0 Å². The van der Waals surface area contributed by atoms with E-state index in [-0.39, 0.29) is 5.69 Å². The lowest BCUT2D eigenvalue weighted by Crippen LogP contribution is -2.38. The Balaban J connectivity index is 2.20. The van der Waals surface area contributed by atoms with E-state index in [4.69, 9.17) is 5.73 Å². The lowest BCUT2D eigenvalue weighted by atomic mass is 9.78. The summed E-state index contributed by atoms with van der Waals surface area (Å²) in [6.45, 7) is 6.06. The number of hydrogen-bond donors (Lipinski definition) is 1. The van der Waals surface area contributed by atoms with E-state index in [0.717, 1.165) is 38.4 Å². The molecule has 0 spiro atoms. The van der Waals surface area contributed by atoms with Crippen LogP contribution in [0, 0.1) is 17.0 Å². The minimum absolute atomic E-state index is 0.0523. The molecule has 1 aromatic carbocycles. The van der Waals surface area contributed by atoms with Crippen LogP contribution in [0.25, 0.3) is 0 Å². The fourth-order valence-electron chi connectivity index (χ4n) is 2.47. The summed E-state index contributed by atoms with van der Waals surface area (Å²) in [4.78, 5) is 1.99. The van der Waals surface area contributed by atoms with Gasteiger partial charge in [0, 0.05) is 19.2 Å². The Kier molecular flexibility index (Phi) is 3.46. The molecule has 4 heteroatoms. The van der Waals surface area contributed by atoms with Gasteiger partial charge in [-0.1, -0.05) is 20.3 Å². The van der Waals surface area contributed by atoms with E-state index < -0.39 is 11.6 Å². The Morgan fingerprint density at radius 1 is 1.28 bits per heavy atom. The second-order valence-electron chi connectivity index (χ2n) is 5.47. The number of hydrogen-bond acceptors (Lipinski definition) is 2. The molecule has 0 bridgehead atoms. The largest absolute Gasteiger partial charge is 0.395 e. The highest BCUT2D eigenvalue weighted by Crippen LogP contribution is 2.37. The molecule has 2 nitrogen and oxygen atoms in total. The molecule has 18 heavy (non-hydrogen) atoms. The van der Waals surface area contributed by atoms with E-state index in [2.05, 4.69) is 13.8 Å². The fourth-order valence-corrected chi connectivity index (χ4v) is 2.47. The van der Waals surface area contributed by atoms with E-state index in [0.29, 0.717) is 11.1 Å². The van der Waals surface area contributed by atoms with E-state index >= 15 is 0 Å². The number of rotatable bonds is 2. The highest BCUT2D eigenvalue weighted by molar-refractivity contribution is 5.68. The number of nitrogen functional groups attached to an aromatic ring is 1. The van der Waals surface area contributed by atoms with Crippen molar-refractivity contribution < 1.29 is 8.78 Å². The Hall–Kier alpha value is -1.32. The number of nitrogens with zero attached hydrogens (tertiary/aromatic N) is 1. The first-order valence-electron chi connectivity index (χ1n) is 6.45. The number of piperidine rings is 1. The summed E-state index contributed by atoms with van der Waals surface area (Å²) >= 11 is 0. The molecule has 0 saturated carbocycles. The van der Waals surface area contributed by atoms with Crippen molar-refractivity contribution in [2.24, 2.45) is 5.41 Å². The van der Waals surface area contributed by atoms with Gasteiger partial charge in [-0.15, -0.1) is 0 Å². The molecule has 1 aliphatic heterocycles. The van der Waals surface area contributed by atoms with Crippen molar-refractivity contribution in [1.82, 2.24) is 0 Å². The van der Waals surface area contributed by atoms with Crippen LogP contribution in [0.4, 0.5) is 20.2 Å². The molecule has 1 aliphatic rings.